The molecule has 7 heteroatoms. The summed E-state index contributed by atoms with van der Waals surface area (Å²) in [6, 6.07) is 18.2. The van der Waals surface area contributed by atoms with Gasteiger partial charge in [-0.05, 0) is 73.5 Å². The van der Waals surface area contributed by atoms with E-state index in [9.17, 15) is 4.79 Å². The SMILES string of the molecule is CC(C)=CCOc1c(OCc2ccc(Cl)cc2)c(C=CC(=O)OCc2ccc(Cl)cc2)cc2ccoc12. The number of furan rings is 1. The van der Waals surface area contributed by atoms with Crippen molar-refractivity contribution in [3.63, 3.8) is 0 Å². The van der Waals surface area contributed by atoms with Crippen LogP contribution in [0.1, 0.15) is 30.5 Å². The zero-order chi connectivity index (χ0) is 26.2. The minimum Gasteiger partial charge on any atom is -0.484 e. The van der Waals surface area contributed by atoms with Gasteiger partial charge in [0.2, 0.25) is 5.75 Å². The molecule has 1 heterocycles. The van der Waals surface area contributed by atoms with Crippen LogP contribution in [0, 0.1) is 0 Å². The van der Waals surface area contributed by atoms with E-state index in [-0.39, 0.29) is 13.2 Å². The van der Waals surface area contributed by atoms with E-state index in [4.69, 9.17) is 41.8 Å². The Bertz CT molecular complexity index is 1410. The molecule has 0 saturated carbocycles. The molecule has 5 nitrogen and oxygen atoms in total. The van der Waals surface area contributed by atoms with Crippen LogP contribution in [0.4, 0.5) is 0 Å². The van der Waals surface area contributed by atoms with E-state index in [1.54, 1.807) is 36.6 Å². The molecule has 0 spiro atoms. The normalized spacial score (nSPS) is 11.0. The molecule has 0 fully saturated rings. The number of hydrogen-bond acceptors (Lipinski definition) is 5. The van der Waals surface area contributed by atoms with Crippen LogP contribution in [-0.4, -0.2) is 12.6 Å². The fourth-order valence-corrected chi connectivity index (χ4v) is 3.71. The molecule has 1 aromatic heterocycles. The Morgan fingerprint density at radius 2 is 1.51 bits per heavy atom. The van der Waals surface area contributed by atoms with Crippen LogP contribution in [0.3, 0.4) is 0 Å². The Morgan fingerprint density at radius 3 is 2.16 bits per heavy atom. The monoisotopic (exact) mass is 536 g/mol. The number of carbonyl (C=O) groups excluding carboxylic acids is 1. The van der Waals surface area contributed by atoms with Gasteiger partial charge in [0, 0.05) is 27.1 Å². The Hall–Kier alpha value is -3.67. The van der Waals surface area contributed by atoms with E-state index >= 15 is 0 Å². The zero-order valence-corrected chi connectivity index (χ0v) is 22.0. The summed E-state index contributed by atoms with van der Waals surface area (Å²) in [6.45, 7) is 4.74. The summed E-state index contributed by atoms with van der Waals surface area (Å²) < 4.78 is 23.5. The number of carbonyl (C=O) groups is 1. The fraction of sp³-hybridized carbons (Fsp3) is 0.167. The maximum atomic E-state index is 12.5. The van der Waals surface area contributed by atoms with Crippen molar-refractivity contribution in [3.05, 3.63) is 111 Å². The largest absolute Gasteiger partial charge is 0.484 e. The summed E-state index contributed by atoms with van der Waals surface area (Å²) in [4.78, 5) is 12.5. The number of esters is 1. The molecule has 0 N–H and O–H groups in total. The van der Waals surface area contributed by atoms with Crippen molar-refractivity contribution in [2.45, 2.75) is 27.1 Å². The van der Waals surface area contributed by atoms with Crippen LogP contribution in [-0.2, 0) is 22.7 Å². The lowest BCUT2D eigenvalue weighted by molar-refractivity contribution is -0.138. The van der Waals surface area contributed by atoms with Crippen LogP contribution in [0.2, 0.25) is 10.0 Å². The van der Waals surface area contributed by atoms with Gasteiger partial charge in [-0.25, -0.2) is 4.79 Å². The van der Waals surface area contributed by atoms with E-state index in [0.29, 0.717) is 39.3 Å². The Kier molecular flexibility index (Phi) is 8.94. The molecule has 4 aromatic rings. The number of hydrogen-bond donors (Lipinski definition) is 0. The first-order chi connectivity index (χ1) is 17.9. The highest BCUT2D eigenvalue weighted by molar-refractivity contribution is 6.30. The Morgan fingerprint density at radius 1 is 0.865 bits per heavy atom. The van der Waals surface area contributed by atoms with Gasteiger partial charge in [0.05, 0.1) is 6.26 Å². The molecule has 0 radical (unpaired) electrons. The minimum absolute atomic E-state index is 0.137. The lowest BCUT2D eigenvalue weighted by atomic mass is 10.1. The van der Waals surface area contributed by atoms with E-state index in [2.05, 4.69) is 0 Å². The first-order valence-electron chi connectivity index (χ1n) is 11.7. The summed E-state index contributed by atoms with van der Waals surface area (Å²) in [7, 11) is 0. The molecule has 0 saturated heterocycles. The third kappa shape index (κ3) is 7.42. The van der Waals surface area contributed by atoms with Crippen molar-refractivity contribution < 1.29 is 23.4 Å². The summed E-state index contributed by atoms with van der Waals surface area (Å²) in [5.74, 6) is 0.433. The predicted molar refractivity (Wildman–Crippen MR) is 147 cm³/mol. The summed E-state index contributed by atoms with van der Waals surface area (Å²) in [6.07, 6.45) is 6.58. The molecule has 190 valence electrons. The smallest absolute Gasteiger partial charge is 0.331 e. The number of halogens is 2. The van der Waals surface area contributed by atoms with Crippen molar-refractivity contribution in [3.8, 4) is 11.5 Å². The second kappa shape index (κ2) is 12.5. The molecule has 0 bridgehead atoms. The van der Waals surface area contributed by atoms with Gasteiger partial charge in [0.1, 0.15) is 19.8 Å². The van der Waals surface area contributed by atoms with Gasteiger partial charge in [0.25, 0.3) is 0 Å². The average molecular weight is 537 g/mol. The highest BCUT2D eigenvalue weighted by atomic mass is 35.5. The maximum Gasteiger partial charge on any atom is 0.331 e. The number of allylic oxidation sites excluding steroid dienone is 1. The molecule has 4 rings (SSSR count). The van der Waals surface area contributed by atoms with Crippen LogP contribution < -0.4 is 9.47 Å². The molecule has 37 heavy (non-hydrogen) atoms. The molecule has 0 atom stereocenters. The van der Waals surface area contributed by atoms with Gasteiger partial charge >= 0.3 is 5.97 Å². The molecule has 0 amide bonds. The van der Waals surface area contributed by atoms with Crippen molar-refractivity contribution in [2.75, 3.05) is 6.61 Å². The van der Waals surface area contributed by atoms with Crippen LogP contribution in [0.5, 0.6) is 11.5 Å². The lowest BCUT2D eigenvalue weighted by Gasteiger charge is -2.15. The van der Waals surface area contributed by atoms with Crippen LogP contribution in [0.15, 0.2) is 89.1 Å². The number of fused-ring (bicyclic) bond motifs is 1. The third-order valence-electron chi connectivity index (χ3n) is 5.39. The number of benzene rings is 3. The maximum absolute atomic E-state index is 12.5. The number of ether oxygens (including phenoxy) is 3. The van der Waals surface area contributed by atoms with Crippen molar-refractivity contribution in [1.82, 2.24) is 0 Å². The second-order valence-electron chi connectivity index (χ2n) is 8.54. The van der Waals surface area contributed by atoms with Gasteiger partial charge in [-0.3, -0.25) is 0 Å². The van der Waals surface area contributed by atoms with Crippen LogP contribution >= 0.6 is 23.2 Å². The van der Waals surface area contributed by atoms with E-state index in [1.807, 2.05) is 56.3 Å². The summed E-state index contributed by atoms with van der Waals surface area (Å²) >= 11 is 11.9. The Balaban J connectivity index is 1.61. The van der Waals surface area contributed by atoms with E-state index in [0.717, 1.165) is 22.1 Å². The second-order valence-corrected chi connectivity index (χ2v) is 9.41. The van der Waals surface area contributed by atoms with Crippen molar-refractivity contribution in [1.29, 1.82) is 0 Å². The van der Waals surface area contributed by atoms with E-state index < -0.39 is 5.97 Å². The van der Waals surface area contributed by atoms with Gasteiger partial charge < -0.3 is 18.6 Å². The lowest BCUT2D eigenvalue weighted by Crippen LogP contribution is -2.03. The standard InChI is InChI=1S/C30H26Cl2O5/c1-20(2)13-15-35-30-28-24(14-16-34-28)17-23(29(30)37-19-22-5-10-26(32)11-6-22)7-12-27(33)36-18-21-3-8-25(31)9-4-21/h3-14,16-17H,15,18-19H2,1-2H3. The van der Waals surface area contributed by atoms with Crippen LogP contribution in [0.25, 0.3) is 17.0 Å². The van der Waals surface area contributed by atoms with Gasteiger partial charge in [-0.1, -0.05) is 53.0 Å². The highest BCUT2D eigenvalue weighted by Crippen LogP contribution is 2.41. The Labute approximate surface area is 225 Å². The molecule has 0 unspecified atom stereocenters. The molecule has 0 aliphatic heterocycles. The third-order valence-corrected chi connectivity index (χ3v) is 5.89. The molecule has 3 aromatic carbocycles. The van der Waals surface area contributed by atoms with Gasteiger partial charge in [0.15, 0.2) is 11.3 Å². The van der Waals surface area contributed by atoms with Crippen molar-refractivity contribution in [2.24, 2.45) is 0 Å². The first-order valence-corrected chi connectivity index (χ1v) is 12.4. The topological polar surface area (TPSA) is 57.9 Å². The fourth-order valence-electron chi connectivity index (χ4n) is 3.46. The number of rotatable bonds is 10. The molecular weight excluding hydrogens is 511 g/mol. The molecular formula is C30H26Cl2O5. The molecule has 0 aliphatic rings. The minimum atomic E-state index is -0.488. The highest BCUT2D eigenvalue weighted by Gasteiger charge is 2.18. The van der Waals surface area contributed by atoms with Gasteiger partial charge in [-0.2, -0.15) is 0 Å². The quantitative estimate of drug-likeness (QED) is 0.115. The van der Waals surface area contributed by atoms with Gasteiger partial charge in [-0.15, -0.1) is 0 Å². The zero-order valence-electron chi connectivity index (χ0n) is 20.5. The van der Waals surface area contributed by atoms with E-state index in [1.165, 1.54) is 6.08 Å². The summed E-state index contributed by atoms with van der Waals surface area (Å²) in [5.41, 5.74) is 4.11. The molecule has 0 aliphatic carbocycles. The van der Waals surface area contributed by atoms with Crippen molar-refractivity contribution >= 4 is 46.2 Å². The average Bonchev–Trinajstić information content (AvgIpc) is 3.35. The predicted octanol–water partition coefficient (Wildman–Crippen LogP) is 8.42. The summed E-state index contributed by atoms with van der Waals surface area (Å²) in [5, 5.41) is 2.09. The first kappa shape index (κ1) is 26.4.